The number of hydrogen-bond donors (Lipinski definition) is 1. The van der Waals surface area contributed by atoms with Crippen LogP contribution in [0.4, 0.5) is 0 Å². The van der Waals surface area contributed by atoms with Crippen LogP contribution in [0.15, 0.2) is 0 Å². The second-order valence-electron chi connectivity index (χ2n) is 7.24. The van der Waals surface area contributed by atoms with Gasteiger partial charge in [0.25, 0.3) is 0 Å². The van der Waals surface area contributed by atoms with E-state index in [1.807, 2.05) is 0 Å². The maximum absolute atomic E-state index is 5.79. The van der Waals surface area contributed by atoms with Gasteiger partial charge in [-0.15, -0.1) is 0 Å². The van der Waals surface area contributed by atoms with Crippen molar-refractivity contribution in [1.82, 2.24) is 4.90 Å². The summed E-state index contributed by atoms with van der Waals surface area (Å²) in [7, 11) is 4.28. The summed E-state index contributed by atoms with van der Waals surface area (Å²) in [6.45, 7) is 3.09. The van der Waals surface area contributed by atoms with Crippen LogP contribution in [0.5, 0.6) is 0 Å². The van der Waals surface area contributed by atoms with E-state index in [1.54, 1.807) is 0 Å². The van der Waals surface area contributed by atoms with Crippen LogP contribution in [0.2, 0.25) is 0 Å². The van der Waals surface area contributed by atoms with Gasteiger partial charge in [0.05, 0.1) is 0 Å². The lowest BCUT2D eigenvalue weighted by Gasteiger charge is -2.22. The highest BCUT2D eigenvalue weighted by Crippen LogP contribution is 2.14. The zero-order valence-electron chi connectivity index (χ0n) is 15.9. The smallest absolute Gasteiger partial charge is 0.0212 e. The van der Waals surface area contributed by atoms with E-state index in [4.69, 9.17) is 5.73 Å². The maximum atomic E-state index is 5.79. The van der Waals surface area contributed by atoms with Crippen molar-refractivity contribution in [2.45, 2.75) is 109 Å². The first-order valence-electron chi connectivity index (χ1n) is 10.1. The van der Waals surface area contributed by atoms with E-state index in [0.717, 1.165) is 6.54 Å². The Morgan fingerprint density at radius 2 is 1.00 bits per heavy atom. The summed E-state index contributed by atoms with van der Waals surface area (Å²) in [4.78, 5) is 2.27. The van der Waals surface area contributed by atoms with Crippen molar-refractivity contribution in [2.75, 3.05) is 20.6 Å². The van der Waals surface area contributed by atoms with Gasteiger partial charge in [0.1, 0.15) is 0 Å². The van der Waals surface area contributed by atoms with E-state index in [-0.39, 0.29) is 0 Å². The summed E-state index contributed by atoms with van der Waals surface area (Å²) in [5.74, 6) is 0. The fourth-order valence-corrected chi connectivity index (χ4v) is 3.16. The molecule has 2 heteroatoms. The molecule has 0 aliphatic carbocycles. The predicted molar refractivity (Wildman–Crippen MR) is 101 cm³/mol. The van der Waals surface area contributed by atoms with E-state index < -0.39 is 0 Å². The van der Waals surface area contributed by atoms with Gasteiger partial charge in [-0.05, 0) is 20.5 Å². The third kappa shape index (κ3) is 14.8. The molecule has 2 nitrogen and oxygen atoms in total. The van der Waals surface area contributed by atoms with Crippen LogP contribution < -0.4 is 5.73 Å². The SMILES string of the molecule is CCCCCCCCCCCCCCCCC(CN)N(C)C. The molecule has 1 unspecified atom stereocenters. The molecule has 0 saturated carbocycles. The molecule has 0 saturated heterocycles. The Labute approximate surface area is 141 Å². The topological polar surface area (TPSA) is 29.3 Å². The Hall–Kier alpha value is -0.0800. The van der Waals surface area contributed by atoms with Gasteiger partial charge in [-0.25, -0.2) is 0 Å². The minimum Gasteiger partial charge on any atom is -0.329 e. The van der Waals surface area contributed by atoms with E-state index in [9.17, 15) is 0 Å². The molecule has 0 heterocycles. The summed E-state index contributed by atoms with van der Waals surface area (Å²) < 4.78 is 0. The van der Waals surface area contributed by atoms with Crippen LogP contribution in [0.3, 0.4) is 0 Å². The molecule has 0 amide bonds. The zero-order chi connectivity index (χ0) is 16.5. The van der Waals surface area contributed by atoms with Gasteiger partial charge < -0.3 is 10.6 Å². The highest BCUT2D eigenvalue weighted by molar-refractivity contribution is 4.66. The summed E-state index contributed by atoms with van der Waals surface area (Å²) in [6, 6.07) is 0.581. The normalized spacial score (nSPS) is 13.0. The standard InChI is InChI=1S/C20H44N2/c1-4-5-6-7-8-9-10-11-12-13-14-15-16-17-18-20(19-21)22(2)3/h20H,4-19,21H2,1-3H3. The molecular formula is C20H44N2. The van der Waals surface area contributed by atoms with E-state index in [1.165, 1.54) is 96.3 Å². The third-order valence-corrected chi connectivity index (χ3v) is 4.89. The molecule has 1 atom stereocenters. The Balaban J connectivity index is 3.11. The number of likely N-dealkylation sites (N-methyl/N-ethyl adjacent to an activating group) is 1. The van der Waals surface area contributed by atoms with Crippen LogP contribution in [0, 0.1) is 0 Å². The first-order chi connectivity index (χ1) is 10.7. The molecule has 0 aliphatic rings. The molecule has 0 aromatic heterocycles. The Kier molecular flexibility index (Phi) is 17.2. The lowest BCUT2D eigenvalue weighted by molar-refractivity contribution is 0.277. The number of unbranched alkanes of at least 4 members (excludes halogenated alkanes) is 13. The minimum absolute atomic E-state index is 0.581. The molecule has 0 aromatic rings. The van der Waals surface area contributed by atoms with E-state index in [0.29, 0.717) is 6.04 Å². The largest absolute Gasteiger partial charge is 0.329 e. The maximum Gasteiger partial charge on any atom is 0.0212 e. The van der Waals surface area contributed by atoms with Crippen molar-refractivity contribution >= 4 is 0 Å². The van der Waals surface area contributed by atoms with Crippen LogP contribution in [0.25, 0.3) is 0 Å². The summed E-state index contributed by atoms with van der Waals surface area (Å²) in [6.07, 6.45) is 21.3. The molecule has 0 rings (SSSR count). The molecule has 0 radical (unpaired) electrons. The average Bonchev–Trinajstić information content (AvgIpc) is 2.51. The van der Waals surface area contributed by atoms with Crippen molar-refractivity contribution in [2.24, 2.45) is 5.73 Å². The van der Waals surface area contributed by atoms with E-state index in [2.05, 4.69) is 25.9 Å². The summed E-state index contributed by atoms with van der Waals surface area (Å²) in [5, 5.41) is 0. The van der Waals surface area contributed by atoms with Crippen molar-refractivity contribution in [1.29, 1.82) is 0 Å². The summed E-state index contributed by atoms with van der Waals surface area (Å²) in [5.41, 5.74) is 5.79. The second-order valence-corrected chi connectivity index (χ2v) is 7.24. The molecular weight excluding hydrogens is 268 g/mol. The number of rotatable bonds is 17. The Morgan fingerprint density at radius 1 is 0.636 bits per heavy atom. The Bertz CT molecular complexity index is 204. The van der Waals surface area contributed by atoms with Gasteiger partial charge in [0.2, 0.25) is 0 Å². The first kappa shape index (κ1) is 21.9. The summed E-state index contributed by atoms with van der Waals surface area (Å²) >= 11 is 0. The zero-order valence-corrected chi connectivity index (χ0v) is 15.9. The molecule has 0 spiro atoms. The molecule has 134 valence electrons. The van der Waals surface area contributed by atoms with Crippen molar-refractivity contribution in [3.8, 4) is 0 Å². The highest BCUT2D eigenvalue weighted by Gasteiger charge is 2.07. The molecule has 0 aromatic carbocycles. The van der Waals surface area contributed by atoms with Gasteiger partial charge in [-0.1, -0.05) is 96.8 Å². The number of nitrogens with zero attached hydrogens (tertiary/aromatic N) is 1. The Morgan fingerprint density at radius 3 is 1.32 bits per heavy atom. The minimum atomic E-state index is 0.581. The molecule has 0 fully saturated rings. The fraction of sp³-hybridized carbons (Fsp3) is 1.00. The highest BCUT2D eigenvalue weighted by atomic mass is 15.1. The lowest BCUT2D eigenvalue weighted by atomic mass is 10.0. The fourth-order valence-electron chi connectivity index (χ4n) is 3.16. The van der Waals surface area contributed by atoms with Gasteiger partial charge in [0, 0.05) is 12.6 Å². The van der Waals surface area contributed by atoms with Crippen LogP contribution in [-0.2, 0) is 0 Å². The molecule has 22 heavy (non-hydrogen) atoms. The molecule has 0 bridgehead atoms. The average molecular weight is 313 g/mol. The third-order valence-electron chi connectivity index (χ3n) is 4.89. The second kappa shape index (κ2) is 17.3. The van der Waals surface area contributed by atoms with Crippen molar-refractivity contribution in [3.63, 3.8) is 0 Å². The lowest BCUT2D eigenvalue weighted by Crippen LogP contribution is -2.34. The van der Waals surface area contributed by atoms with Crippen LogP contribution in [0.1, 0.15) is 103 Å². The van der Waals surface area contributed by atoms with Crippen LogP contribution >= 0.6 is 0 Å². The van der Waals surface area contributed by atoms with Gasteiger partial charge in [-0.3, -0.25) is 0 Å². The number of nitrogens with two attached hydrogens (primary N) is 1. The van der Waals surface area contributed by atoms with Crippen molar-refractivity contribution in [3.05, 3.63) is 0 Å². The molecule has 0 aliphatic heterocycles. The van der Waals surface area contributed by atoms with Crippen LogP contribution in [-0.4, -0.2) is 31.6 Å². The predicted octanol–water partition coefficient (Wildman–Crippen LogP) is 5.75. The van der Waals surface area contributed by atoms with E-state index >= 15 is 0 Å². The van der Waals surface area contributed by atoms with Gasteiger partial charge >= 0.3 is 0 Å². The quantitative estimate of drug-likeness (QED) is 0.347. The number of hydrogen-bond acceptors (Lipinski definition) is 2. The van der Waals surface area contributed by atoms with Gasteiger partial charge in [0.15, 0.2) is 0 Å². The molecule has 2 N–H and O–H groups in total. The van der Waals surface area contributed by atoms with Crippen molar-refractivity contribution < 1.29 is 0 Å². The first-order valence-corrected chi connectivity index (χ1v) is 10.1. The monoisotopic (exact) mass is 312 g/mol. The van der Waals surface area contributed by atoms with Gasteiger partial charge in [-0.2, -0.15) is 0 Å².